The molecule has 1 atom stereocenters. The second kappa shape index (κ2) is 7.18. The molecule has 28 heavy (non-hydrogen) atoms. The molecule has 1 aliphatic rings. The topological polar surface area (TPSA) is 88.5 Å². The van der Waals surface area contributed by atoms with Crippen LogP contribution < -0.4 is 15.2 Å². The van der Waals surface area contributed by atoms with E-state index in [0.29, 0.717) is 27.8 Å². The van der Waals surface area contributed by atoms with E-state index in [2.05, 4.69) is 6.07 Å². The predicted octanol–water partition coefficient (Wildman–Crippen LogP) is 5.06. The molecule has 1 unspecified atom stereocenters. The third-order valence-electron chi connectivity index (χ3n) is 4.44. The van der Waals surface area contributed by atoms with Crippen molar-refractivity contribution >= 4 is 11.6 Å². The van der Waals surface area contributed by atoms with Crippen molar-refractivity contribution in [3.05, 3.63) is 94.3 Å². The van der Waals surface area contributed by atoms with Gasteiger partial charge in [0.15, 0.2) is 0 Å². The van der Waals surface area contributed by atoms with Gasteiger partial charge < -0.3 is 20.3 Å². The first-order valence-electron chi connectivity index (χ1n) is 8.49. The van der Waals surface area contributed by atoms with E-state index in [-0.39, 0.29) is 11.6 Å². The van der Waals surface area contributed by atoms with Crippen LogP contribution >= 0.6 is 11.6 Å². The molecule has 0 aromatic heterocycles. The van der Waals surface area contributed by atoms with Crippen molar-refractivity contribution in [3.63, 3.8) is 0 Å². The smallest absolute Gasteiger partial charge is 0.205 e. The maximum atomic E-state index is 9.75. The second-order valence-corrected chi connectivity index (χ2v) is 6.71. The van der Waals surface area contributed by atoms with Crippen molar-refractivity contribution in [2.45, 2.75) is 5.92 Å². The summed E-state index contributed by atoms with van der Waals surface area (Å²) in [5, 5.41) is 20.0. The Kier molecular flexibility index (Phi) is 4.56. The molecule has 4 rings (SSSR count). The minimum Gasteiger partial charge on any atom is -0.508 e. The number of ether oxygens (including phenoxy) is 2. The molecule has 0 radical (unpaired) electrons. The van der Waals surface area contributed by atoms with E-state index in [4.69, 9.17) is 26.8 Å². The zero-order valence-corrected chi connectivity index (χ0v) is 15.4. The molecule has 1 aliphatic heterocycles. The Labute approximate surface area is 166 Å². The van der Waals surface area contributed by atoms with Crippen LogP contribution in [0.25, 0.3) is 0 Å². The Morgan fingerprint density at radius 1 is 1.04 bits per heavy atom. The number of nitrogens with zero attached hydrogens (tertiary/aromatic N) is 1. The van der Waals surface area contributed by atoms with Crippen molar-refractivity contribution in [3.8, 4) is 29.1 Å². The first kappa shape index (κ1) is 17.8. The Morgan fingerprint density at radius 2 is 1.82 bits per heavy atom. The Hall–Kier alpha value is -3.62. The average molecular weight is 391 g/mol. The zero-order chi connectivity index (χ0) is 19.7. The van der Waals surface area contributed by atoms with E-state index in [0.717, 1.165) is 11.1 Å². The van der Waals surface area contributed by atoms with Gasteiger partial charge in [0.2, 0.25) is 5.88 Å². The number of allylic oxidation sites excluding steroid dienone is 1. The zero-order valence-electron chi connectivity index (χ0n) is 14.6. The molecule has 138 valence electrons. The van der Waals surface area contributed by atoms with Crippen molar-refractivity contribution in [1.82, 2.24) is 0 Å². The van der Waals surface area contributed by atoms with Crippen LogP contribution in [0.5, 0.6) is 23.0 Å². The van der Waals surface area contributed by atoms with Crippen LogP contribution in [0.15, 0.2) is 78.2 Å². The molecule has 0 bridgehead atoms. The lowest BCUT2D eigenvalue weighted by Gasteiger charge is -2.26. The highest BCUT2D eigenvalue weighted by molar-refractivity contribution is 6.30. The molecule has 1 heterocycles. The van der Waals surface area contributed by atoms with E-state index >= 15 is 0 Å². The quantitative estimate of drug-likeness (QED) is 0.652. The molecule has 3 aromatic rings. The van der Waals surface area contributed by atoms with Gasteiger partial charge in [0.05, 0.1) is 5.92 Å². The number of phenols is 1. The highest BCUT2D eigenvalue weighted by Gasteiger charge is 2.31. The summed E-state index contributed by atoms with van der Waals surface area (Å²) >= 11 is 5.91. The number of fused-ring (bicyclic) bond motifs is 1. The minimum atomic E-state index is -0.428. The number of phenolic OH excluding ortho intramolecular Hbond substituents is 1. The summed E-state index contributed by atoms with van der Waals surface area (Å²) < 4.78 is 11.4. The number of aromatic hydroxyl groups is 1. The summed E-state index contributed by atoms with van der Waals surface area (Å²) in [6.45, 7) is 0. The van der Waals surface area contributed by atoms with E-state index in [1.54, 1.807) is 36.4 Å². The van der Waals surface area contributed by atoms with Crippen molar-refractivity contribution in [2.24, 2.45) is 5.73 Å². The van der Waals surface area contributed by atoms with Gasteiger partial charge in [-0.25, -0.2) is 0 Å². The third-order valence-corrected chi connectivity index (χ3v) is 4.70. The Balaban J connectivity index is 1.75. The summed E-state index contributed by atoms with van der Waals surface area (Å²) in [6.07, 6.45) is 0. The lowest BCUT2D eigenvalue weighted by atomic mass is 9.83. The molecule has 0 saturated heterocycles. The fraction of sp³-hybridized carbons (Fsp3) is 0.0455. The van der Waals surface area contributed by atoms with E-state index in [1.807, 2.05) is 24.3 Å². The van der Waals surface area contributed by atoms with Crippen LogP contribution in [0.1, 0.15) is 17.0 Å². The van der Waals surface area contributed by atoms with Gasteiger partial charge in [0.1, 0.15) is 34.6 Å². The van der Waals surface area contributed by atoms with Crippen LogP contribution in [0.3, 0.4) is 0 Å². The van der Waals surface area contributed by atoms with Gasteiger partial charge in [-0.05, 0) is 48.0 Å². The van der Waals surface area contributed by atoms with E-state index < -0.39 is 5.92 Å². The van der Waals surface area contributed by atoms with Crippen LogP contribution in [-0.2, 0) is 0 Å². The first-order valence-corrected chi connectivity index (χ1v) is 8.87. The summed E-state index contributed by atoms with van der Waals surface area (Å²) in [5.74, 6) is 1.34. The first-order chi connectivity index (χ1) is 13.5. The molecule has 0 fully saturated rings. The largest absolute Gasteiger partial charge is 0.508 e. The summed E-state index contributed by atoms with van der Waals surface area (Å²) in [7, 11) is 0. The standard InChI is InChI=1S/C22H15ClN2O3/c23-14-4-7-16(8-5-14)27-17-3-1-2-13(10-17)21-18-9-6-15(26)11-20(18)28-22(25)19(21)12-24/h1-11,21,26H,25H2. The number of benzene rings is 3. The normalized spacial score (nSPS) is 15.4. The van der Waals surface area contributed by atoms with Crippen LogP contribution in [-0.4, -0.2) is 5.11 Å². The van der Waals surface area contributed by atoms with Gasteiger partial charge in [-0.1, -0.05) is 29.8 Å². The molecule has 5 nitrogen and oxygen atoms in total. The van der Waals surface area contributed by atoms with Gasteiger partial charge in [0, 0.05) is 16.7 Å². The predicted molar refractivity (Wildman–Crippen MR) is 105 cm³/mol. The Morgan fingerprint density at radius 3 is 2.57 bits per heavy atom. The average Bonchev–Trinajstić information content (AvgIpc) is 2.69. The lowest BCUT2D eigenvalue weighted by molar-refractivity contribution is 0.388. The lowest BCUT2D eigenvalue weighted by Crippen LogP contribution is -2.20. The minimum absolute atomic E-state index is 0.0228. The maximum Gasteiger partial charge on any atom is 0.205 e. The van der Waals surface area contributed by atoms with Gasteiger partial charge >= 0.3 is 0 Å². The molecule has 3 aromatic carbocycles. The van der Waals surface area contributed by atoms with Gasteiger partial charge in [-0.3, -0.25) is 0 Å². The summed E-state index contributed by atoms with van der Waals surface area (Å²) in [5.41, 5.74) is 7.84. The van der Waals surface area contributed by atoms with Crippen LogP contribution in [0.2, 0.25) is 5.02 Å². The number of nitrogens with two attached hydrogens (primary N) is 1. The molecule has 0 spiro atoms. The van der Waals surface area contributed by atoms with Crippen molar-refractivity contribution in [2.75, 3.05) is 0 Å². The highest BCUT2D eigenvalue weighted by atomic mass is 35.5. The number of halogens is 1. The summed E-state index contributed by atoms with van der Waals surface area (Å²) in [6, 6.07) is 21.4. The van der Waals surface area contributed by atoms with Gasteiger partial charge in [-0.2, -0.15) is 5.26 Å². The van der Waals surface area contributed by atoms with E-state index in [1.165, 1.54) is 6.07 Å². The SMILES string of the molecule is N#CC1=C(N)Oc2cc(O)ccc2C1c1cccc(Oc2ccc(Cl)cc2)c1. The third kappa shape index (κ3) is 3.34. The Bertz CT molecular complexity index is 1120. The molecular weight excluding hydrogens is 376 g/mol. The number of rotatable bonds is 3. The monoisotopic (exact) mass is 390 g/mol. The van der Waals surface area contributed by atoms with Crippen LogP contribution in [0, 0.1) is 11.3 Å². The van der Waals surface area contributed by atoms with Gasteiger partial charge in [0.25, 0.3) is 0 Å². The fourth-order valence-electron chi connectivity index (χ4n) is 3.18. The van der Waals surface area contributed by atoms with E-state index in [9.17, 15) is 10.4 Å². The molecule has 3 N–H and O–H groups in total. The second-order valence-electron chi connectivity index (χ2n) is 6.28. The fourth-order valence-corrected chi connectivity index (χ4v) is 3.31. The van der Waals surface area contributed by atoms with Gasteiger partial charge in [-0.15, -0.1) is 0 Å². The molecule has 0 saturated carbocycles. The number of hydrogen-bond acceptors (Lipinski definition) is 5. The van der Waals surface area contributed by atoms with Crippen molar-refractivity contribution < 1.29 is 14.6 Å². The number of hydrogen-bond donors (Lipinski definition) is 2. The molecular formula is C22H15ClN2O3. The molecule has 0 amide bonds. The molecule has 6 heteroatoms. The van der Waals surface area contributed by atoms with Crippen LogP contribution in [0.4, 0.5) is 0 Å². The highest BCUT2D eigenvalue weighted by Crippen LogP contribution is 2.44. The molecule has 0 aliphatic carbocycles. The maximum absolute atomic E-state index is 9.75. The number of nitriles is 1. The van der Waals surface area contributed by atoms with Crippen molar-refractivity contribution in [1.29, 1.82) is 5.26 Å². The summed E-state index contributed by atoms with van der Waals surface area (Å²) in [4.78, 5) is 0.